The van der Waals surface area contributed by atoms with Crippen molar-refractivity contribution in [1.29, 1.82) is 0 Å². The van der Waals surface area contributed by atoms with E-state index in [1.165, 1.54) is 6.92 Å². The standard InChI is InChI=1S/C24H32N6O7/c1-12(31)20(24(36)37)30-23(35)17(9-13-11-27-15-6-3-2-5-14(13)15)28-22(34)18(10-19(25)32)29-21(33)16-7-4-8-26-16/h2-3,5-6,11-12,16-18,20,26-27,31H,4,7-10H2,1H3,(H2,25,32)(H,28,34)(H,29,33)(H,30,35)(H,36,37). The molecule has 0 radical (unpaired) electrons. The zero-order valence-corrected chi connectivity index (χ0v) is 20.3. The number of rotatable bonds is 12. The third-order valence-corrected chi connectivity index (χ3v) is 6.19. The van der Waals surface area contributed by atoms with Gasteiger partial charge in [0.2, 0.25) is 23.6 Å². The van der Waals surface area contributed by atoms with Crippen molar-refractivity contribution >= 4 is 40.5 Å². The van der Waals surface area contributed by atoms with Gasteiger partial charge in [0.1, 0.15) is 12.1 Å². The Bertz CT molecular complexity index is 1160. The number of amides is 4. The second-order valence-corrected chi connectivity index (χ2v) is 9.07. The molecule has 37 heavy (non-hydrogen) atoms. The predicted octanol–water partition coefficient (Wildman–Crippen LogP) is -1.74. The number of nitrogens with one attached hydrogen (secondary N) is 5. The van der Waals surface area contributed by atoms with Crippen LogP contribution in [0.25, 0.3) is 10.9 Å². The Hall–Kier alpha value is -3.97. The molecule has 1 fully saturated rings. The fourth-order valence-corrected chi connectivity index (χ4v) is 4.24. The van der Waals surface area contributed by atoms with E-state index >= 15 is 0 Å². The molecule has 5 atom stereocenters. The minimum Gasteiger partial charge on any atom is -0.480 e. The number of primary amides is 1. The van der Waals surface area contributed by atoms with Crippen LogP contribution in [-0.4, -0.2) is 81.6 Å². The number of aliphatic hydroxyl groups excluding tert-OH is 1. The lowest BCUT2D eigenvalue weighted by Gasteiger charge is -2.25. The molecule has 200 valence electrons. The molecule has 0 saturated carbocycles. The summed E-state index contributed by atoms with van der Waals surface area (Å²) in [6.07, 6.45) is 1.05. The number of aromatic nitrogens is 1. The smallest absolute Gasteiger partial charge is 0.328 e. The molecule has 13 heteroatoms. The number of aliphatic carboxylic acids is 1. The molecule has 1 saturated heterocycles. The number of hydrogen-bond donors (Lipinski definition) is 8. The largest absolute Gasteiger partial charge is 0.480 e. The first kappa shape index (κ1) is 27.6. The number of carbonyl (C=O) groups is 5. The van der Waals surface area contributed by atoms with Crippen LogP contribution in [-0.2, 0) is 30.4 Å². The maximum atomic E-state index is 13.2. The molecule has 1 aliphatic heterocycles. The fourth-order valence-electron chi connectivity index (χ4n) is 4.24. The lowest BCUT2D eigenvalue weighted by molar-refractivity contribution is -0.145. The number of fused-ring (bicyclic) bond motifs is 1. The number of aromatic amines is 1. The average molecular weight is 517 g/mol. The molecular weight excluding hydrogens is 484 g/mol. The molecule has 0 spiro atoms. The van der Waals surface area contributed by atoms with Crippen molar-refractivity contribution in [3.63, 3.8) is 0 Å². The first-order valence-electron chi connectivity index (χ1n) is 12.0. The van der Waals surface area contributed by atoms with Crippen molar-refractivity contribution in [2.75, 3.05) is 6.54 Å². The van der Waals surface area contributed by atoms with Gasteiger partial charge in [-0.05, 0) is 37.9 Å². The minimum atomic E-state index is -1.62. The molecule has 2 heterocycles. The molecule has 5 unspecified atom stereocenters. The highest BCUT2D eigenvalue weighted by Crippen LogP contribution is 2.19. The highest BCUT2D eigenvalue weighted by molar-refractivity contribution is 5.96. The van der Waals surface area contributed by atoms with E-state index in [1.807, 2.05) is 18.2 Å². The Balaban J connectivity index is 1.84. The molecule has 1 aromatic heterocycles. The van der Waals surface area contributed by atoms with Crippen LogP contribution in [0.4, 0.5) is 0 Å². The Morgan fingerprint density at radius 3 is 2.41 bits per heavy atom. The summed E-state index contributed by atoms with van der Waals surface area (Å²) in [4.78, 5) is 65.1. The third kappa shape index (κ3) is 7.27. The summed E-state index contributed by atoms with van der Waals surface area (Å²) in [6.45, 7) is 1.85. The Morgan fingerprint density at radius 1 is 1.08 bits per heavy atom. The molecular formula is C24H32N6O7. The van der Waals surface area contributed by atoms with Crippen LogP contribution >= 0.6 is 0 Å². The number of carboxylic acid groups (broad SMARTS) is 1. The molecule has 2 aromatic rings. The van der Waals surface area contributed by atoms with Crippen LogP contribution in [0.1, 0.15) is 31.7 Å². The zero-order chi connectivity index (χ0) is 27.1. The Morgan fingerprint density at radius 2 is 1.78 bits per heavy atom. The monoisotopic (exact) mass is 516 g/mol. The summed E-state index contributed by atoms with van der Waals surface area (Å²) in [5, 5.41) is 30.2. The van der Waals surface area contributed by atoms with Gasteiger partial charge >= 0.3 is 5.97 Å². The Labute approximate surface area is 212 Å². The first-order valence-corrected chi connectivity index (χ1v) is 12.0. The molecule has 9 N–H and O–H groups in total. The third-order valence-electron chi connectivity index (χ3n) is 6.19. The van der Waals surface area contributed by atoms with Crippen LogP contribution in [0, 0.1) is 0 Å². The molecule has 3 rings (SSSR count). The van der Waals surface area contributed by atoms with E-state index in [-0.39, 0.29) is 6.42 Å². The summed E-state index contributed by atoms with van der Waals surface area (Å²) >= 11 is 0. The number of para-hydroxylation sites is 1. The van der Waals surface area contributed by atoms with Gasteiger partial charge in [-0.1, -0.05) is 18.2 Å². The number of carboxylic acids is 1. The number of carbonyl (C=O) groups excluding carboxylic acids is 4. The highest BCUT2D eigenvalue weighted by atomic mass is 16.4. The lowest BCUT2D eigenvalue weighted by Crippen LogP contribution is -2.59. The minimum absolute atomic E-state index is 0.0465. The fraction of sp³-hybridized carbons (Fsp3) is 0.458. The summed E-state index contributed by atoms with van der Waals surface area (Å²) in [7, 11) is 0. The van der Waals surface area contributed by atoms with Crippen LogP contribution in [0.3, 0.4) is 0 Å². The summed E-state index contributed by atoms with van der Waals surface area (Å²) < 4.78 is 0. The number of H-pyrrole nitrogens is 1. The number of hydrogen-bond acceptors (Lipinski definition) is 7. The van der Waals surface area contributed by atoms with Crippen molar-refractivity contribution in [1.82, 2.24) is 26.3 Å². The summed E-state index contributed by atoms with van der Waals surface area (Å²) in [5.41, 5.74) is 6.74. The van der Waals surface area contributed by atoms with E-state index in [0.29, 0.717) is 18.5 Å². The average Bonchev–Trinajstić information content (AvgIpc) is 3.51. The van der Waals surface area contributed by atoms with Gasteiger partial charge in [0.15, 0.2) is 6.04 Å². The summed E-state index contributed by atoms with van der Waals surface area (Å²) in [6, 6.07) is 2.48. The van der Waals surface area contributed by atoms with E-state index in [0.717, 1.165) is 17.3 Å². The quantitative estimate of drug-likeness (QED) is 0.162. The van der Waals surface area contributed by atoms with E-state index in [2.05, 4.69) is 26.3 Å². The van der Waals surface area contributed by atoms with E-state index in [4.69, 9.17) is 5.73 Å². The number of nitrogens with two attached hydrogens (primary N) is 1. The molecule has 4 amide bonds. The highest BCUT2D eigenvalue weighted by Gasteiger charge is 2.33. The maximum Gasteiger partial charge on any atom is 0.328 e. The number of aliphatic hydroxyl groups is 1. The number of benzene rings is 1. The predicted molar refractivity (Wildman–Crippen MR) is 132 cm³/mol. The van der Waals surface area contributed by atoms with Crippen molar-refractivity contribution in [2.45, 2.75) is 62.9 Å². The zero-order valence-electron chi connectivity index (χ0n) is 20.3. The van der Waals surface area contributed by atoms with E-state index in [9.17, 15) is 34.2 Å². The van der Waals surface area contributed by atoms with Gasteiger partial charge < -0.3 is 42.2 Å². The lowest BCUT2D eigenvalue weighted by atomic mass is 10.0. The molecule has 0 bridgehead atoms. The van der Waals surface area contributed by atoms with E-state index in [1.54, 1.807) is 12.3 Å². The maximum absolute atomic E-state index is 13.2. The van der Waals surface area contributed by atoms with Gasteiger partial charge in [0.05, 0.1) is 18.6 Å². The van der Waals surface area contributed by atoms with Crippen molar-refractivity contribution in [3.8, 4) is 0 Å². The van der Waals surface area contributed by atoms with Gasteiger partial charge in [-0.3, -0.25) is 19.2 Å². The van der Waals surface area contributed by atoms with Crippen LogP contribution < -0.4 is 27.0 Å². The molecule has 1 aliphatic rings. The Kier molecular flexibility index (Phi) is 9.20. The van der Waals surface area contributed by atoms with Crippen molar-refractivity contribution in [3.05, 3.63) is 36.0 Å². The van der Waals surface area contributed by atoms with E-state index < -0.39 is 66.3 Å². The normalized spacial score (nSPS) is 18.4. The van der Waals surface area contributed by atoms with Crippen molar-refractivity contribution in [2.24, 2.45) is 5.73 Å². The van der Waals surface area contributed by atoms with Crippen LogP contribution in [0.2, 0.25) is 0 Å². The summed E-state index contributed by atoms with van der Waals surface area (Å²) in [5.74, 6) is -4.47. The van der Waals surface area contributed by atoms with Gasteiger partial charge in [-0.25, -0.2) is 4.79 Å². The van der Waals surface area contributed by atoms with Gasteiger partial charge in [-0.2, -0.15) is 0 Å². The van der Waals surface area contributed by atoms with Gasteiger partial charge in [0.25, 0.3) is 0 Å². The van der Waals surface area contributed by atoms with Gasteiger partial charge in [-0.15, -0.1) is 0 Å². The first-order chi connectivity index (χ1) is 17.6. The molecule has 1 aromatic carbocycles. The van der Waals surface area contributed by atoms with Gasteiger partial charge in [0, 0.05) is 23.5 Å². The molecule has 13 nitrogen and oxygen atoms in total. The van der Waals surface area contributed by atoms with Crippen LogP contribution in [0.15, 0.2) is 30.5 Å². The SMILES string of the molecule is CC(O)C(NC(=O)C(Cc1c[nH]c2ccccc12)NC(=O)C(CC(N)=O)NC(=O)C1CCCN1)C(=O)O. The van der Waals surface area contributed by atoms with Crippen LogP contribution in [0.5, 0.6) is 0 Å². The topological polar surface area (TPSA) is 216 Å². The second kappa shape index (κ2) is 12.3. The second-order valence-electron chi connectivity index (χ2n) is 9.07. The van der Waals surface area contributed by atoms with Crippen molar-refractivity contribution < 1.29 is 34.2 Å². The molecule has 0 aliphatic carbocycles.